The van der Waals surface area contributed by atoms with E-state index in [-0.39, 0.29) is 29.0 Å². The summed E-state index contributed by atoms with van der Waals surface area (Å²) in [6.07, 6.45) is 0.199. The number of ketones is 1. The molecule has 1 atom stereocenters. The third kappa shape index (κ3) is 6.07. The molecular weight excluding hydrogens is 466 g/mol. The van der Waals surface area contributed by atoms with Gasteiger partial charge in [-0.25, -0.2) is 8.42 Å². The first-order valence-electron chi connectivity index (χ1n) is 10.9. The van der Waals surface area contributed by atoms with E-state index in [1.807, 2.05) is 42.5 Å². The second-order valence-electron chi connectivity index (χ2n) is 7.92. The van der Waals surface area contributed by atoms with Crippen LogP contribution in [-0.2, 0) is 10.0 Å². The number of hydrogen-bond donors (Lipinski definition) is 2. The standard InChI is InChI=1S/C26H25N3O5S/c1-18-15-26(28-34-18)29-35(31,32)23-13-11-21(12-14-23)27-24(20-9-6-10-22(16-20)33-2)17-25(30)19-7-4-3-5-8-19/h3-16,24,27H,17H2,1-2H3,(H,28,29). The van der Waals surface area contributed by atoms with Gasteiger partial charge in [-0.2, -0.15) is 0 Å². The minimum absolute atomic E-state index is 0.0165. The lowest BCUT2D eigenvalue weighted by Gasteiger charge is -2.21. The van der Waals surface area contributed by atoms with Crippen LogP contribution in [0.15, 0.2) is 94.3 Å². The monoisotopic (exact) mass is 491 g/mol. The van der Waals surface area contributed by atoms with Crippen LogP contribution in [0.1, 0.15) is 34.1 Å². The molecule has 1 unspecified atom stereocenters. The summed E-state index contributed by atoms with van der Waals surface area (Å²) in [6, 6.07) is 24.0. The van der Waals surface area contributed by atoms with Crippen LogP contribution in [0.2, 0.25) is 0 Å². The molecule has 0 spiro atoms. The van der Waals surface area contributed by atoms with E-state index in [9.17, 15) is 13.2 Å². The smallest absolute Gasteiger partial charge is 0.263 e. The van der Waals surface area contributed by atoms with E-state index >= 15 is 0 Å². The summed E-state index contributed by atoms with van der Waals surface area (Å²) in [5.41, 5.74) is 2.15. The van der Waals surface area contributed by atoms with Crippen molar-refractivity contribution in [2.24, 2.45) is 0 Å². The number of carbonyl (C=O) groups is 1. The van der Waals surface area contributed by atoms with Crippen LogP contribution in [0.4, 0.5) is 11.5 Å². The summed E-state index contributed by atoms with van der Waals surface area (Å²) in [4.78, 5) is 13.0. The number of aromatic nitrogens is 1. The Morgan fingerprint density at radius 1 is 1.00 bits per heavy atom. The van der Waals surface area contributed by atoms with Gasteiger partial charge >= 0.3 is 0 Å². The van der Waals surface area contributed by atoms with Gasteiger partial charge in [-0.1, -0.05) is 47.6 Å². The molecule has 180 valence electrons. The number of hydrogen-bond acceptors (Lipinski definition) is 7. The Kier molecular flexibility index (Phi) is 7.17. The zero-order valence-corrected chi connectivity index (χ0v) is 20.1. The van der Waals surface area contributed by atoms with E-state index in [0.717, 1.165) is 5.56 Å². The van der Waals surface area contributed by atoms with E-state index in [2.05, 4.69) is 15.2 Å². The first kappa shape index (κ1) is 24.0. The predicted molar refractivity (Wildman–Crippen MR) is 133 cm³/mol. The number of anilines is 2. The highest BCUT2D eigenvalue weighted by atomic mass is 32.2. The largest absolute Gasteiger partial charge is 0.497 e. The van der Waals surface area contributed by atoms with Crippen molar-refractivity contribution in [1.29, 1.82) is 0 Å². The topological polar surface area (TPSA) is 111 Å². The molecule has 9 heteroatoms. The van der Waals surface area contributed by atoms with Crippen LogP contribution < -0.4 is 14.8 Å². The van der Waals surface area contributed by atoms with Gasteiger partial charge in [0.2, 0.25) is 0 Å². The van der Waals surface area contributed by atoms with Crippen molar-refractivity contribution in [2.45, 2.75) is 24.3 Å². The molecule has 0 aliphatic carbocycles. The molecule has 2 N–H and O–H groups in total. The second kappa shape index (κ2) is 10.4. The number of Topliss-reactive ketones (excluding diaryl/α,β-unsaturated/α-hetero) is 1. The Bertz CT molecular complexity index is 1400. The van der Waals surface area contributed by atoms with Gasteiger partial charge in [-0.15, -0.1) is 0 Å². The quantitative estimate of drug-likeness (QED) is 0.293. The van der Waals surface area contributed by atoms with Crippen molar-refractivity contribution in [3.8, 4) is 5.75 Å². The van der Waals surface area contributed by atoms with Crippen LogP contribution in [0, 0.1) is 6.92 Å². The van der Waals surface area contributed by atoms with Crippen molar-refractivity contribution in [2.75, 3.05) is 17.1 Å². The third-order valence-electron chi connectivity index (χ3n) is 5.35. The molecule has 35 heavy (non-hydrogen) atoms. The molecule has 0 aliphatic heterocycles. The van der Waals surface area contributed by atoms with E-state index in [1.54, 1.807) is 38.3 Å². The Labute approximate surface area is 204 Å². The Balaban J connectivity index is 1.55. The van der Waals surface area contributed by atoms with Crippen molar-refractivity contribution < 1.29 is 22.5 Å². The van der Waals surface area contributed by atoms with Gasteiger partial charge in [0.25, 0.3) is 10.0 Å². The molecule has 8 nitrogen and oxygen atoms in total. The maximum atomic E-state index is 13.0. The Hall–Kier alpha value is -4.11. The second-order valence-corrected chi connectivity index (χ2v) is 9.60. The maximum Gasteiger partial charge on any atom is 0.263 e. The fourth-order valence-electron chi connectivity index (χ4n) is 3.58. The first-order chi connectivity index (χ1) is 16.8. The summed E-state index contributed by atoms with van der Waals surface area (Å²) in [6.45, 7) is 1.67. The van der Waals surface area contributed by atoms with Crippen molar-refractivity contribution in [3.05, 3.63) is 102 Å². The van der Waals surface area contributed by atoms with Gasteiger partial charge in [-0.05, 0) is 48.9 Å². The molecule has 3 aromatic carbocycles. The fourth-order valence-corrected chi connectivity index (χ4v) is 4.56. The Morgan fingerprint density at radius 3 is 2.40 bits per heavy atom. The van der Waals surface area contributed by atoms with Gasteiger partial charge in [-0.3, -0.25) is 9.52 Å². The summed E-state index contributed by atoms with van der Waals surface area (Å²) < 4.78 is 38.0. The number of ether oxygens (including phenoxy) is 1. The molecule has 0 bridgehead atoms. The minimum Gasteiger partial charge on any atom is -0.497 e. The maximum absolute atomic E-state index is 13.0. The molecule has 0 fully saturated rings. The molecule has 0 aliphatic rings. The average Bonchev–Trinajstić information content (AvgIpc) is 3.28. The highest BCUT2D eigenvalue weighted by Crippen LogP contribution is 2.28. The molecule has 1 heterocycles. The zero-order chi connectivity index (χ0) is 24.8. The van der Waals surface area contributed by atoms with E-state index in [1.165, 1.54) is 18.2 Å². The fraction of sp³-hybridized carbons (Fsp3) is 0.154. The molecule has 0 amide bonds. The molecule has 1 aromatic heterocycles. The average molecular weight is 492 g/mol. The lowest BCUT2D eigenvalue weighted by atomic mass is 9.97. The number of methoxy groups -OCH3 is 1. The number of nitrogens with one attached hydrogen (secondary N) is 2. The zero-order valence-electron chi connectivity index (χ0n) is 19.3. The minimum atomic E-state index is -3.83. The van der Waals surface area contributed by atoms with Crippen LogP contribution in [0.3, 0.4) is 0 Å². The molecule has 4 aromatic rings. The van der Waals surface area contributed by atoms with Gasteiger partial charge in [0.05, 0.1) is 18.0 Å². The van der Waals surface area contributed by atoms with E-state index in [4.69, 9.17) is 9.26 Å². The molecule has 0 radical (unpaired) electrons. The number of aryl methyl sites for hydroxylation is 1. The van der Waals surface area contributed by atoms with Crippen LogP contribution in [0.5, 0.6) is 5.75 Å². The van der Waals surface area contributed by atoms with Crippen LogP contribution in [-0.4, -0.2) is 26.5 Å². The predicted octanol–water partition coefficient (Wildman–Crippen LogP) is 5.22. The van der Waals surface area contributed by atoms with Crippen LogP contribution >= 0.6 is 0 Å². The molecular formula is C26H25N3O5S. The number of benzene rings is 3. The van der Waals surface area contributed by atoms with Crippen molar-refractivity contribution in [3.63, 3.8) is 0 Å². The van der Waals surface area contributed by atoms with Crippen molar-refractivity contribution >= 4 is 27.3 Å². The van der Waals surface area contributed by atoms with Gasteiger partial charge < -0.3 is 14.6 Å². The number of carbonyl (C=O) groups excluding carboxylic acids is 1. The highest BCUT2D eigenvalue weighted by molar-refractivity contribution is 7.92. The van der Waals surface area contributed by atoms with E-state index in [0.29, 0.717) is 22.8 Å². The Morgan fingerprint density at radius 2 is 1.74 bits per heavy atom. The van der Waals surface area contributed by atoms with Crippen molar-refractivity contribution in [1.82, 2.24) is 5.16 Å². The molecule has 0 saturated heterocycles. The SMILES string of the molecule is COc1cccc(C(CC(=O)c2ccccc2)Nc2ccc(S(=O)(=O)Nc3cc(C)on3)cc2)c1. The molecule has 0 saturated carbocycles. The third-order valence-corrected chi connectivity index (χ3v) is 6.72. The summed E-state index contributed by atoms with van der Waals surface area (Å²) >= 11 is 0. The van der Waals surface area contributed by atoms with Crippen LogP contribution in [0.25, 0.3) is 0 Å². The number of rotatable bonds is 10. The van der Waals surface area contributed by atoms with E-state index < -0.39 is 10.0 Å². The normalized spacial score (nSPS) is 12.1. The highest BCUT2D eigenvalue weighted by Gasteiger charge is 2.20. The lowest BCUT2D eigenvalue weighted by molar-refractivity contribution is 0.0976. The number of sulfonamides is 1. The summed E-state index contributed by atoms with van der Waals surface area (Å²) in [7, 11) is -2.24. The summed E-state index contributed by atoms with van der Waals surface area (Å²) in [5.74, 6) is 1.27. The van der Waals surface area contributed by atoms with Gasteiger partial charge in [0.15, 0.2) is 11.6 Å². The molecule has 4 rings (SSSR count). The van der Waals surface area contributed by atoms with Gasteiger partial charge in [0.1, 0.15) is 11.5 Å². The summed E-state index contributed by atoms with van der Waals surface area (Å²) in [5, 5.41) is 7.02. The first-order valence-corrected chi connectivity index (χ1v) is 12.4. The number of nitrogens with zero attached hydrogens (tertiary/aromatic N) is 1. The lowest BCUT2D eigenvalue weighted by Crippen LogP contribution is -2.16. The van der Waals surface area contributed by atoms with Gasteiger partial charge in [0, 0.05) is 23.7 Å².